The molecule has 25 heavy (non-hydrogen) atoms. The predicted molar refractivity (Wildman–Crippen MR) is 90.8 cm³/mol. The number of amides is 1. The Bertz CT molecular complexity index is 770. The second kappa shape index (κ2) is 7.41. The van der Waals surface area contributed by atoms with Crippen molar-refractivity contribution in [2.24, 2.45) is 5.41 Å². The van der Waals surface area contributed by atoms with E-state index in [1.165, 1.54) is 0 Å². The van der Waals surface area contributed by atoms with E-state index in [2.05, 4.69) is 36.3 Å². The average Bonchev–Trinajstić information content (AvgIpc) is 2.86. The summed E-state index contributed by atoms with van der Waals surface area (Å²) in [5.74, 6) is -0.192. The van der Waals surface area contributed by atoms with Gasteiger partial charge >= 0.3 is 6.18 Å². The number of rotatable bonds is 5. The molecule has 0 saturated carbocycles. The zero-order chi connectivity index (χ0) is 18.8. The molecule has 0 aliphatic heterocycles. The van der Waals surface area contributed by atoms with Crippen molar-refractivity contribution in [3.63, 3.8) is 0 Å². The molecule has 0 unspecified atom stereocenters. The quantitative estimate of drug-likeness (QED) is 0.777. The topological polar surface area (TPSA) is 59.3 Å². The first kappa shape index (κ1) is 19.8. The lowest BCUT2D eigenvalue weighted by atomic mass is 9.92. The van der Waals surface area contributed by atoms with Crippen LogP contribution in [0.1, 0.15) is 32.8 Å². The van der Waals surface area contributed by atoms with Crippen molar-refractivity contribution in [2.45, 2.75) is 38.5 Å². The SMILES string of the molecule is CC(C)(C)CCNC(=O)CSc1nnc2c(Cl)cc(C(F)(F)F)cn12. The van der Waals surface area contributed by atoms with Gasteiger partial charge in [-0.25, -0.2) is 0 Å². The van der Waals surface area contributed by atoms with E-state index in [1.807, 2.05) is 0 Å². The van der Waals surface area contributed by atoms with Crippen LogP contribution in [-0.4, -0.2) is 32.8 Å². The minimum absolute atomic E-state index is 0.0266. The first-order chi connectivity index (χ1) is 11.5. The van der Waals surface area contributed by atoms with E-state index in [0.29, 0.717) is 6.54 Å². The minimum Gasteiger partial charge on any atom is -0.355 e. The van der Waals surface area contributed by atoms with Crippen LogP contribution < -0.4 is 5.32 Å². The molecule has 0 aliphatic carbocycles. The summed E-state index contributed by atoms with van der Waals surface area (Å²) in [5.41, 5.74) is -0.680. The molecule has 0 radical (unpaired) electrons. The van der Waals surface area contributed by atoms with E-state index >= 15 is 0 Å². The van der Waals surface area contributed by atoms with Gasteiger partial charge in [0.1, 0.15) is 0 Å². The Balaban J connectivity index is 2.06. The van der Waals surface area contributed by atoms with Crippen molar-refractivity contribution in [1.29, 1.82) is 0 Å². The first-order valence-electron chi connectivity index (χ1n) is 7.48. The molecule has 0 aliphatic rings. The van der Waals surface area contributed by atoms with E-state index in [9.17, 15) is 18.0 Å². The van der Waals surface area contributed by atoms with Gasteiger partial charge in [0, 0.05) is 12.7 Å². The molecule has 1 N–H and O–H groups in total. The highest BCUT2D eigenvalue weighted by molar-refractivity contribution is 7.99. The lowest BCUT2D eigenvalue weighted by Gasteiger charge is -2.17. The van der Waals surface area contributed by atoms with E-state index in [4.69, 9.17) is 11.6 Å². The number of nitrogens with one attached hydrogen (secondary N) is 1. The minimum atomic E-state index is -4.53. The molecule has 1 amide bonds. The number of hydrogen-bond donors (Lipinski definition) is 1. The highest BCUT2D eigenvalue weighted by Gasteiger charge is 2.32. The fourth-order valence-electron chi connectivity index (χ4n) is 1.95. The Morgan fingerprint density at radius 2 is 2.00 bits per heavy atom. The number of alkyl halides is 3. The van der Waals surface area contributed by atoms with E-state index < -0.39 is 11.7 Å². The largest absolute Gasteiger partial charge is 0.417 e. The van der Waals surface area contributed by atoms with Gasteiger partial charge in [-0.3, -0.25) is 9.20 Å². The second-order valence-corrected chi connectivity index (χ2v) is 8.05. The van der Waals surface area contributed by atoms with Crippen LogP contribution in [0.15, 0.2) is 17.4 Å². The van der Waals surface area contributed by atoms with E-state index in [-0.39, 0.29) is 32.9 Å². The number of carbonyl (C=O) groups excluding carboxylic acids is 1. The third-order valence-electron chi connectivity index (χ3n) is 3.29. The summed E-state index contributed by atoms with van der Waals surface area (Å²) in [6.07, 6.45) is -2.84. The summed E-state index contributed by atoms with van der Waals surface area (Å²) in [6.45, 7) is 6.74. The molecule has 0 spiro atoms. The van der Waals surface area contributed by atoms with Gasteiger partial charge in [-0.05, 0) is 17.9 Å². The van der Waals surface area contributed by atoms with Gasteiger partial charge in [-0.1, -0.05) is 44.1 Å². The van der Waals surface area contributed by atoms with Crippen LogP contribution in [0.3, 0.4) is 0 Å². The molecular weight excluding hydrogens is 377 g/mol. The molecular formula is C15H18ClF3N4OS. The smallest absolute Gasteiger partial charge is 0.355 e. The number of fused-ring (bicyclic) bond motifs is 1. The average molecular weight is 395 g/mol. The second-order valence-electron chi connectivity index (χ2n) is 6.70. The molecule has 10 heteroatoms. The zero-order valence-corrected chi connectivity index (χ0v) is 15.5. The van der Waals surface area contributed by atoms with Crippen molar-refractivity contribution >= 4 is 34.9 Å². The van der Waals surface area contributed by atoms with Crippen LogP contribution in [0.2, 0.25) is 5.02 Å². The van der Waals surface area contributed by atoms with Crippen LogP contribution >= 0.6 is 23.4 Å². The highest BCUT2D eigenvalue weighted by Crippen LogP contribution is 2.33. The number of thioether (sulfide) groups is 1. The fraction of sp³-hybridized carbons (Fsp3) is 0.533. The third-order valence-corrected chi connectivity index (χ3v) is 4.51. The maximum Gasteiger partial charge on any atom is 0.417 e. The molecule has 5 nitrogen and oxygen atoms in total. The first-order valence-corrected chi connectivity index (χ1v) is 8.85. The van der Waals surface area contributed by atoms with Crippen LogP contribution in [0, 0.1) is 5.41 Å². The van der Waals surface area contributed by atoms with Crippen molar-refractivity contribution in [3.8, 4) is 0 Å². The van der Waals surface area contributed by atoms with Gasteiger partial charge in [0.25, 0.3) is 0 Å². The van der Waals surface area contributed by atoms with Gasteiger partial charge in [-0.15, -0.1) is 10.2 Å². The van der Waals surface area contributed by atoms with Gasteiger partial charge in [-0.2, -0.15) is 13.2 Å². The number of halogens is 4. The number of nitrogens with zero attached hydrogens (tertiary/aromatic N) is 3. The molecule has 2 rings (SSSR count). The standard InChI is InChI=1S/C15H18ClF3N4OS/c1-14(2,3)4-5-20-11(24)8-25-13-22-21-12-10(16)6-9(7-23(12)13)15(17,18)19/h6-7H,4-5,8H2,1-3H3,(H,20,24). The summed E-state index contributed by atoms with van der Waals surface area (Å²) < 4.78 is 39.9. The number of pyridine rings is 1. The van der Waals surface area contributed by atoms with Crippen LogP contribution in [-0.2, 0) is 11.0 Å². The predicted octanol–water partition coefficient (Wildman–Crippen LogP) is 4.05. The van der Waals surface area contributed by atoms with Gasteiger partial charge < -0.3 is 5.32 Å². The van der Waals surface area contributed by atoms with E-state index in [1.54, 1.807) is 0 Å². The maximum absolute atomic E-state index is 12.9. The monoisotopic (exact) mass is 394 g/mol. The summed E-state index contributed by atoms with van der Waals surface area (Å²) in [4.78, 5) is 11.9. The highest BCUT2D eigenvalue weighted by atomic mass is 35.5. The Hall–Kier alpha value is -1.48. The molecule has 2 aromatic heterocycles. The fourth-order valence-corrected chi connectivity index (χ4v) is 2.93. The molecule has 2 heterocycles. The Morgan fingerprint density at radius 1 is 1.32 bits per heavy atom. The van der Waals surface area contributed by atoms with Crippen molar-refractivity contribution < 1.29 is 18.0 Å². The normalized spacial score (nSPS) is 12.6. The summed E-state index contributed by atoms with van der Waals surface area (Å²) in [7, 11) is 0. The van der Waals surface area contributed by atoms with Crippen molar-refractivity contribution in [2.75, 3.05) is 12.3 Å². The molecule has 138 valence electrons. The summed E-state index contributed by atoms with van der Waals surface area (Å²) in [6, 6.07) is 0.805. The lowest BCUT2D eigenvalue weighted by Crippen LogP contribution is -2.28. The Morgan fingerprint density at radius 3 is 2.60 bits per heavy atom. The van der Waals surface area contributed by atoms with Crippen LogP contribution in [0.4, 0.5) is 13.2 Å². The molecule has 0 atom stereocenters. The van der Waals surface area contributed by atoms with Crippen molar-refractivity contribution in [1.82, 2.24) is 19.9 Å². The Kier molecular flexibility index (Phi) is 5.88. The Labute approximate surface area is 152 Å². The van der Waals surface area contributed by atoms with Crippen LogP contribution in [0.5, 0.6) is 0 Å². The van der Waals surface area contributed by atoms with Crippen LogP contribution in [0.25, 0.3) is 5.65 Å². The lowest BCUT2D eigenvalue weighted by molar-refractivity contribution is -0.137. The van der Waals surface area contributed by atoms with Gasteiger partial charge in [0.2, 0.25) is 5.91 Å². The van der Waals surface area contributed by atoms with E-state index in [0.717, 1.165) is 34.8 Å². The maximum atomic E-state index is 12.9. The summed E-state index contributed by atoms with van der Waals surface area (Å²) >= 11 is 6.85. The molecule has 0 saturated heterocycles. The number of carbonyl (C=O) groups is 1. The molecule has 0 bridgehead atoms. The summed E-state index contributed by atoms with van der Waals surface area (Å²) in [5, 5.41) is 10.4. The number of aromatic nitrogens is 3. The van der Waals surface area contributed by atoms with Gasteiger partial charge in [0.05, 0.1) is 16.3 Å². The molecule has 2 aromatic rings. The number of hydrogen-bond acceptors (Lipinski definition) is 4. The third kappa shape index (κ3) is 5.50. The molecule has 0 fully saturated rings. The van der Waals surface area contributed by atoms with Gasteiger partial charge in [0.15, 0.2) is 10.8 Å². The van der Waals surface area contributed by atoms with Crippen molar-refractivity contribution in [3.05, 3.63) is 22.8 Å². The zero-order valence-electron chi connectivity index (χ0n) is 13.9. The molecule has 0 aromatic carbocycles.